The Hall–Kier alpha value is -4.46. The molecule has 1 atom stereocenters. The zero-order valence-electron chi connectivity index (χ0n) is 18.4. The van der Waals surface area contributed by atoms with Crippen LogP contribution < -0.4 is 10.2 Å². The largest absolute Gasteiger partial charge is 0.508 e. The molecule has 0 saturated carbocycles. The van der Waals surface area contributed by atoms with Gasteiger partial charge in [0.25, 0.3) is 0 Å². The Bertz CT molecular complexity index is 1420. The number of hydrogen-bond acceptors (Lipinski definition) is 8. The fraction of sp³-hybridized carbons (Fsp3) is 0.154. The number of hydrogen-bond donors (Lipinski definition) is 3. The molecule has 1 aromatic heterocycles. The molecule has 3 aromatic carbocycles. The number of methoxy groups -OCH3 is 2. The smallest absolute Gasteiger partial charge is 0.306 e. The van der Waals surface area contributed by atoms with Crippen molar-refractivity contribution in [2.24, 2.45) is 0 Å². The number of phenols is 3. The predicted octanol–water partition coefficient (Wildman–Crippen LogP) is 4.28. The Morgan fingerprint density at radius 2 is 1.71 bits per heavy atom. The standard InChI is InChI=1S/C26H22O8/c1-32-22-10-5-15(11-21(22)29)18(12-23(30)33-2)24-20(28)9-8-17-25(31)19(13-34-26(17)24)14-3-6-16(27)7-4-14/h3-11,13,18,27-29H,12H2,1-2H3/t18-/m0/s1. The van der Waals surface area contributed by atoms with Gasteiger partial charge < -0.3 is 29.2 Å². The highest BCUT2D eigenvalue weighted by Gasteiger charge is 2.27. The van der Waals surface area contributed by atoms with E-state index in [2.05, 4.69) is 0 Å². The second-order valence-corrected chi connectivity index (χ2v) is 7.66. The van der Waals surface area contributed by atoms with Crippen molar-refractivity contribution in [3.05, 3.63) is 82.2 Å². The van der Waals surface area contributed by atoms with Gasteiger partial charge in [-0.3, -0.25) is 9.59 Å². The Morgan fingerprint density at radius 1 is 0.971 bits per heavy atom. The zero-order valence-corrected chi connectivity index (χ0v) is 18.4. The highest BCUT2D eigenvalue weighted by Crippen LogP contribution is 2.41. The van der Waals surface area contributed by atoms with Gasteiger partial charge in [0, 0.05) is 11.5 Å². The van der Waals surface area contributed by atoms with Crippen molar-refractivity contribution in [2.75, 3.05) is 14.2 Å². The molecule has 0 aliphatic carbocycles. The molecule has 0 saturated heterocycles. The molecule has 8 heteroatoms. The first-order chi connectivity index (χ1) is 16.3. The summed E-state index contributed by atoms with van der Waals surface area (Å²) in [5.41, 5.74) is 1.28. The number of fused-ring (bicyclic) bond motifs is 1. The average molecular weight is 462 g/mol. The summed E-state index contributed by atoms with van der Waals surface area (Å²) in [6.45, 7) is 0. The number of benzene rings is 3. The first kappa shape index (κ1) is 22.7. The third kappa shape index (κ3) is 4.13. The van der Waals surface area contributed by atoms with Gasteiger partial charge in [0.1, 0.15) is 23.3 Å². The number of esters is 1. The summed E-state index contributed by atoms with van der Waals surface area (Å²) in [6.07, 6.45) is 1.10. The number of phenolic OH excluding ortho intramolecular Hbond substituents is 3. The van der Waals surface area contributed by atoms with Crippen molar-refractivity contribution in [3.63, 3.8) is 0 Å². The van der Waals surface area contributed by atoms with E-state index in [0.717, 1.165) is 0 Å². The fourth-order valence-electron chi connectivity index (χ4n) is 3.95. The molecule has 0 amide bonds. The minimum absolute atomic E-state index is 0.0644. The minimum atomic E-state index is -0.796. The van der Waals surface area contributed by atoms with Crippen LogP contribution in [-0.4, -0.2) is 35.5 Å². The lowest BCUT2D eigenvalue weighted by atomic mass is 9.86. The van der Waals surface area contributed by atoms with Crippen molar-refractivity contribution in [1.82, 2.24) is 0 Å². The van der Waals surface area contributed by atoms with Gasteiger partial charge in [-0.25, -0.2) is 0 Å². The molecule has 0 spiro atoms. The van der Waals surface area contributed by atoms with Gasteiger partial charge in [-0.2, -0.15) is 0 Å². The van der Waals surface area contributed by atoms with E-state index >= 15 is 0 Å². The first-order valence-corrected chi connectivity index (χ1v) is 10.3. The fourth-order valence-corrected chi connectivity index (χ4v) is 3.95. The maximum atomic E-state index is 13.3. The van der Waals surface area contributed by atoms with E-state index in [9.17, 15) is 24.9 Å². The van der Waals surface area contributed by atoms with Gasteiger partial charge in [-0.15, -0.1) is 0 Å². The molecule has 3 N–H and O–H groups in total. The highest BCUT2D eigenvalue weighted by molar-refractivity contribution is 5.87. The van der Waals surface area contributed by atoms with Gasteiger partial charge in [0.05, 0.1) is 31.6 Å². The molecule has 8 nitrogen and oxygen atoms in total. The maximum absolute atomic E-state index is 13.3. The summed E-state index contributed by atoms with van der Waals surface area (Å²) in [7, 11) is 2.66. The lowest BCUT2D eigenvalue weighted by molar-refractivity contribution is -0.140. The third-order valence-electron chi connectivity index (χ3n) is 5.69. The third-order valence-corrected chi connectivity index (χ3v) is 5.69. The Labute approximate surface area is 194 Å². The Kier molecular flexibility index (Phi) is 6.14. The highest BCUT2D eigenvalue weighted by atomic mass is 16.5. The van der Waals surface area contributed by atoms with Crippen LogP contribution in [0.2, 0.25) is 0 Å². The SMILES string of the molecule is COC(=O)C[C@@H](c1ccc(OC)c(O)c1)c1c(O)ccc2c(=O)c(-c3ccc(O)cc3)coc12. The molecule has 0 fully saturated rings. The number of aromatic hydroxyl groups is 3. The molecule has 0 radical (unpaired) electrons. The van der Waals surface area contributed by atoms with Crippen LogP contribution in [0.1, 0.15) is 23.5 Å². The molecule has 1 heterocycles. The van der Waals surface area contributed by atoms with E-state index in [4.69, 9.17) is 13.9 Å². The van der Waals surface area contributed by atoms with Crippen LogP contribution >= 0.6 is 0 Å². The molecule has 0 bridgehead atoms. The summed E-state index contributed by atoms with van der Waals surface area (Å²) in [5, 5.41) is 30.8. The van der Waals surface area contributed by atoms with Crippen LogP contribution in [0, 0.1) is 0 Å². The van der Waals surface area contributed by atoms with Crippen LogP contribution in [0.4, 0.5) is 0 Å². The van der Waals surface area contributed by atoms with E-state index in [-0.39, 0.29) is 56.9 Å². The minimum Gasteiger partial charge on any atom is -0.508 e. The number of carbonyl (C=O) groups is 1. The molecule has 34 heavy (non-hydrogen) atoms. The van der Waals surface area contributed by atoms with Crippen LogP contribution in [-0.2, 0) is 9.53 Å². The molecule has 0 unspecified atom stereocenters. The second-order valence-electron chi connectivity index (χ2n) is 7.66. The van der Waals surface area contributed by atoms with Gasteiger partial charge in [-0.1, -0.05) is 18.2 Å². The Morgan fingerprint density at radius 3 is 2.35 bits per heavy atom. The zero-order chi connectivity index (χ0) is 24.4. The molecular formula is C26H22O8. The van der Waals surface area contributed by atoms with E-state index in [1.807, 2.05) is 0 Å². The van der Waals surface area contributed by atoms with E-state index in [1.165, 1.54) is 56.9 Å². The molecule has 0 aliphatic rings. The molecule has 174 valence electrons. The normalized spacial score (nSPS) is 11.8. The van der Waals surface area contributed by atoms with E-state index in [1.54, 1.807) is 18.2 Å². The molecular weight excluding hydrogens is 440 g/mol. The van der Waals surface area contributed by atoms with Crippen LogP contribution in [0.3, 0.4) is 0 Å². The topological polar surface area (TPSA) is 126 Å². The van der Waals surface area contributed by atoms with Crippen molar-refractivity contribution in [3.8, 4) is 34.1 Å². The first-order valence-electron chi connectivity index (χ1n) is 10.3. The van der Waals surface area contributed by atoms with Gasteiger partial charge in [0.15, 0.2) is 11.5 Å². The summed E-state index contributed by atoms with van der Waals surface area (Å²) in [4.78, 5) is 25.6. The number of ether oxygens (including phenoxy) is 2. The van der Waals surface area contributed by atoms with Crippen LogP contribution in [0.25, 0.3) is 22.1 Å². The summed E-state index contributed by atoms with van der Waals surface area (Å²) in [6, 6.07) is 13.5. The van der Waals surface area contributed by atoms with Gasteiger partial charge in [0.2, 0.25) is 5.43 Å². The van der Waals surface area contributed by atoms with Crippen molar-refractivity contribution in [2.45, 2.75) is 12.3 Å². The Balaban J connectivity index is 1.93. The summed E-state index contributed by atoms with van der Waals surface area (Å²) in [5.74, 6) is -1.37. The quantitative estimate of drug-likeness (QED) is 0.363. The number of rotatable bonds is 6. The lowest BCUT2D eigenvalue weighted by Gasteiger charge is -2.20. The van der Waals surface area contributed by atoms with Crippen LogP contribution in [0.5, 0.6) is 23.0 Å². The van der Waals surface area contributed by atoms with Crippen molar-refractivity contribution >= 4 is 16.9 Å². The van der Waals surface area contributed by atoms with Crippen molar-refractivity contribution in [1.29, 1.82) is 0 Å². The lowest BCUT2D eigenvalue weighted by Crippen LogP contribution is -2.12. The average Bonchev–Trinajstić information content (AvgIpc) is 2.83. The van der Waals surface area contributed by atoms with Crippen molar-refractivity contribution < 1.29 is 34.0 Å². The monoisotopic (exact) mass is 462 g/mol. The van der Waals surface area contributed by atoms with Gasteiger partial charge >= 0.3 is 5.97 Å². The summed E-state index contributed by atoms with van der Waals surface area (Å²) >= 11 is 0. The number of carbonyl (C=O) groups excluding carboxylic acids is 1. The van der Waals surface area contributed by atoms with Gasteiger partial charge in [-0.05, 0) is 47.5 Å². The summed E-state index contributed by atoms with van der Waals surface area (Å²) < 4.78 is 15.8. The van der Waals surface area contributed by atoms with E-state index < -0.39 is 11.9 Å². The van der Waals surface area contributed by atoms with Crippen LogP contribution in [0.15, 0.2) is 70.1 Å². The second kappa shape index (κ2) is 9.19. The molecule has 4 rings (SSSR count). The molecule has 0 aliphatic heterocycles. The molecule has 4 aromatic rings. The maximum Gasteiger partial charge on any atom is 0.306 e. The van der Waals surface area contributed by atoms with E-state index in [0.29, 0.717) is 11.1 Å². The predicted molar refractivity (Wildman–Crippen MR) is 124 cm³/mol.